The standard InChI is InChI=1S/C22H20BrClFN5O3/c23-13-4-7-17-15(8-13)21(22(26)33)28-30(17)11-19(32)29(14-5-6-14)10-18(31)27-9-12-2-1-3-16(24)20(12)25/h1-4,7-8,14H,5-6,9-11H2,(H2,26,33)(H,27,31). The first-order valence-electron chi connectivity index (χ1n) is 10.2. The summed E-state index contributed by atoms with van der Waals surface area (Å²) in [6, 6.07) is 9.74. The zero-order chi connectivity index (χ0) is 23.7. The normalized spacial score (nSPS) is 13.2. The number of aromatic nitrogens is 2. The summed E-state index contributed by atoms with van der Waals surface area (Å²) in [6.07, 6.45) is 1.59. The molecule has 0 atom stereocenters. The molecule has 0 radical (unpaired) electrons. The predicted molar refractivity (Wildman–Crippen MR) is 124 cm³/mol. The van der Waals surface area contributed by atoms with Crippen molar-refractivity contribution in [3.05, 3.63) is 63.0 Å². The van der Waals surface area contributed by atoms with Gasteiger partial charge in [0.15, 0.2) is 5.69 Å². The second kappa shape index (κ2) is 9.48. The van der Waals surface area contributed by atoms with Gasteiger partial charge in [0.05, 0.1) is 17.1 Å². The average Bonchev–Trinajstić information content (AvgIpc) is 3.55. The van der Waals surface area contributed by atoms with E-state index < -0.39 is 17.6 Å². The van der Waals surface area contributed by atoms with Gasteiger partial charge in [0.2, 0.25) is 11.8 Å². The van der Waals surface area contributed by atoms with Crippen molar-refractivity contribution >= 4 is 56.2 Å². The van der Waals surface area contributed by atoms with Crippen LogP contribution in [0, 0.1) is 5.82 Å². The molecular formula is C22H20BrClFN5O3. The van der Waals surface area contributed by atoms with E-state index in [1.54, 1.807) is 24.3 Å². The molecule has 4 rings (SSSR count). The van der Waals surface area contributed by atoms with Crippen LogP contribution in [0.15, 0.2) is 40.9 Å². The Bertz CT molecular complexity index is 1260. The topological polar surface area (TPSA) is 110 Å². The van der Waals surface area contributed by atoms with Crippen molar-refractivity contribution in [1.82, 2.24) is 20.0 Å². The van der Waals surface area contributed by atoms with Crippen LogP contribution in [0.4, 0.5) is 4.39 Å². The minimum atomic E-state index is -0.698. The number of benzene rings is 2. The molecule has 0 aliphatic heterocycles. The Balaban J connectivity index is 1.47. The summed E-state index contributed by atoms with van der Waals surface area (Å²) >= 11 is 9.13. The maximum atomic E-state index is 14.0. The fourth-order valence-corrected chi connectivity index (χ4v) is 4.12. The lowest BCUT2D eigenvalue weighted by atomic mass is 10.2. The van der Waals surface area contributed by atoms with Crippen LogP contribution in [0.3, 0.4) is 0 Å². The van der Waals surface area contributed by atoms with E-state index >= 15 is 0 Å². The number of hydrogen-bond donors (Lipinski definition) is 2. The minimum absolute atomic E-state index is 0.0228. The molecule has 0 bridgehead atoms. The molecule has 1 aromatic heterocycles. The monoisotopic (exact) mass is 535 g/mol. The van der Waals surface area contributed by atoms with Gasteiger partial charge in [-0.05, 0) is 37.1 Å². The third kappa shape index (κ3) is 5.17. The Morgan fingerprint density at radius 1 is 1.27 bits per heavy atom. The van der Waals surface area contributed by atoms with Crippen molar-refractivity contribution in [1.29, 1.82) is 0 Å². The molecule has 1 heterocycles. The highest BCUT2D eigenvalue weighted by Gasteiger charge is 2.34. The van der Waals surface area contributed by atoms with Gasteiger partial charge in [-0.25, -0.2) is 4.39 Å². The van der Waals surface area contributed by atoms with E-state index in [2.05, 4.69) is 26.3 Å². The van der Waals surface area contributed by atoms with Crippen molar-refractivity contribution in [2.45, 2.75) is 32.0 Å². The van der Waals surface area contributed by atoms with E-state index in [-0.39, 0.29) is 47.9 Å². The van der Waals surface area contributed by atoms with Crippen LogP contribution in [-0.4, -0.2) is 45.0 Å². The van der Waals surface area contributed by atoms with E-state index in [0.29, 0.717) is 10.9 Å². The lowest BCUT2D eigenvalue weighted by Crippen LogP contribution is -2.43. The molecule has 11 heteroatoms. The molecular weight excluding hydrogens is 517 g/mol. The highest BCUT2D eigenvalue weighted by Crippen LogP contribution is 2.28. The number of fused-ring (bicyclic) bond motifs is 1. The number of carbonyl (C=O) groups excluding carboxylic acids is 3. The first kappa shape index (κ1) is 23.2. The number of nitrogens with two attached hydrogens (primary N) is 1. The van der Waals surface area contributed by atoms with Crippen molar-refractivity contribution < 1.29 is 18.8 Å². The van der Waals surface area contributed by atoms with Crippen molar-refractivity contribution in [2.24, 2.45) is 5.73 Å². The summed E-state index contributed by atoms with van der Waals surface area (Å²) in [5.74, 6) is -2.01. The number of hydrogen-bond acceptors (Lipinski definition) is 4. The third-order valence-electron chi connectivity index (χ3n) is 5.36. The Hall–Kier alpha value is -2.98. The summed E-state index contributed by atoms with van der Waals surface area (Å²) in [5.41, 5.74) is 6.35. The number of primary amides is 1. The molecule has 0 unspecified atom stereocenters. The van der Waals surface area contributed by atoms with Gasteiger partial charge in [-0.3, -0.25) is 19.1 Å². The number of rotatable bonds is 8. The Kier molecular flexibility index (Phi) is 6.66. The van der Waals surface area contributed by atoms with Crippen LogP contribution in [0.2, 0.25) is 5.02 Å². The Morgan fingerprint density at radius 2 is 2.03 bits per heavy atom. The van der Waals surface area contributed by atoms with Crippen LogP contribution in [0.5, 0.6) is 0 Å². The van der Waals surface area contributed by atoms with E-state index in [0.717, 1.165) is 17.3 Å². The summed E-state index contributed by atoms with van der Waals surface area (Å²) < 4.78 is 16.2. The van der Waals surface area contributed by atoms with Crippen LogP contribution in [0.25, 0.3) is 10.9 Å². The number of carbonyl (C=O) groups is 3. The molecule has 1 fully saturated rings. The Labute approximate surface area is 202 Å². The van der Waals surface area contributed by atoms with E-state index in [1.165, 1.54) is 21.7 Å². The summed E-state index contributed by atoms with van der Waals surface area (Å²) in [5, 5.41) is 7.37. The lowest BCUT2D eigenvalue weighted by Gasteiger charge is -2.22. The van der Waals surface area contributed by atoms with Crippen LogP contribution < -0.4 is 11.1 Å². The second-order valence-corrected chi connectivity index (χ2v) is 9.10. The maximum absolute atomic E-state index is 14.0. The zero-order valence-electron chi connectivity index (χ0n) is 17.4. The molecule has 3 N–H and O–H groups in total. The molecule has 1 aliphatic carbocycles. The van der Waals surface area contributed by atoms with Gasteiger partial charge >= 0.3 is 0 Å². The quantitative estimate of drug-likeness (QED) is 0.461. The molecule has 3 amide bonds. The fraction of sp³-hybridized carbons (Fsp3) is 0.273. The maximum Gasteiger partial charge on any atom is 0.269 e. The second-order valence-electron chi connectivity index (χ2n) is 7.77. The number of nitrogens with one attached hydrogen (secondary N) is 1. The molecule has 8 nitrogen and oxygen atoms in total. The van der Waals surface area contributed by atoms with E-state index in [1.807, 2.05) is 0 Å². The number of amides is 3. The van der Waals surface area contributed by atoms with Crippen LogP contribution >= 0.6 is 27.5 Å². The van der Waals surface area contributed by atoms with Gasteiger partial charge in [0, 0.05) is 28.0 Å². The number of nitrogens with zero attached hydrogens (tertiary/aromatic N) is 3. The molecule has 1 saturated carbocycles. The molecule has 1 aliphatic rings. The van der Waals surface area contributed by atoms with E-state index in [4.69, 9.17) is 17.3 Å². The van der Waals surface area contributed by atoms with Gasteiger partial charge in [-0.15, -0.1) is 0 Å². The first-order valence-corrected chi connectivity index (χ1v) is 11.4. The summed E-state index contributed by atoms with van der Waals surface area (Å²) in [6.45, 7) is -0.365. The minimum Gasteiger partial charge on any atom is -0.364 e. The molecule has 3 aromatic rings. The van der Waals surface area contributed by atoms with Crippen LogP contribution in [0.1, 0.15) is 28.9 Å². The predicted octanol–water partition coefficient (Wildman–Crippen LogP) is 3.00. The fourth-order valence-electron chi connectivity index (χ4n) is 3.57. The van der Waals surface area contributed by atoms with Gasteiger partial charge in [0.25, 0.3) is 5.91 Å². The van der Waals surface area contributed by atoms with Gasteiger partial charge in [0.1, 0.15) is 12.4 Å². The van der Waals surface area contributed by atoms with Gasteiger partial charge in [-0.2, -0.15) is 5.10 Å². The van der Waals surface area contributed by atoms with Gasteiger partial charge < -0.3 is 16.0 Å². The lowest BCUT2D eigenvalue weighted by molar-refractivity contribution is -0.137. The third-order valence-corrected chi connectivity index (χ3v) is 6.15. The number of halogens is 3. The SMILES string of the molecule is NC(=O)c1nn(CC(=O)N(CC(=O)NCc2cccc(Cl)c2F)C2CC2)c2ccc(Br)cc12. The molecule has 172 valence electrons. The van der Waals surface area contributed by atoms with Crippen molar-refractivity contribution in [3.8, 4) is 0 Å². The molecule has 2 aromatic carbocycles. The highest BCUT2D eigenvalue weighted by molar-refractivity contribution is 9.10. The van der Waals surface area contributed by atoms with Crippen molar-refractivity contribution in [2.75, 3.05) is 6.54 Å². The molecule has 0 saturated heterocycles. The summed E-state index contributed by atoms with van der Waals surface area (Å²) in [7, 11) is 0. The van der Waals surface area contributed by atoms with Crippen molar-refractivity contribution in [3.63, 3.8) is 0 Å². The smallest absolute Gasteiger partial charge is 0.269 e. The average molecular weight is 537 g/mol. The zero-order valence-corrected chi connectivity index (χ0v) is 19.7. The Morgan fingerprint density at radius 3 is 2.73 bits per heavy atom. The van der Waals surface area contributed by atoms with E-state index in [9.17, 15) is 18.8 Å². The molecule has 33 heavy (non-hydrogen) atoms. The van der Waals surface area contributed by atoms with Crippen LogP contribution in [-0.2, 0) is 22.7 Å². The van der Waals surface area contributed by atoms with Gasteiger partial charge in [-0.1, -0.05) is 39.7 Å². The molecule has 0 spiro atoms. The highest BCUT2D eigenvalue weighted by atomic mass is 79.9. The largest absolute Gasteiger partial charge is 0.364 e. The first-order chi connectivity index (χ1) is 15.7. The summed E-state index contributed by atoms with van der Waals surface area (Å²) in [4.78, 5) is 38.9.